The predicted octanol–water partition coefficient (Wildman–Crippen LogP) is 7.48. The first-order valence-electron chi connectivity index (χ1n) is 10.6. The van der Waals surface area contributed by atoms with Crippen LogP contribution in [-0.4, -0.2) is 5.40 Å². The molecular formula is C28H25Cl2NiP2. The molecule has 0 spiro atoms. The third-order valence-corrected chi connectivity index (χ3v) is 12.7. The van der Waals surface area contributed by atoms with Gasteiger partial charge in [-0.1, -0.05) is 0 Å². The van der Waals surface area contributed by atoms with Gasteiger partial charge in [0.25, 0.3) is 0 Å². The molecular weight excluding hydrogens is 528 g/mol. The Morgan fingerprint density at radius 3 is 1.12 bits per heavy atom. The monoisotopic (exact) mass is 551 g/mol. The van der Waals surface area contributed by atoms with Gasteiger partial charge in [0, 0.05) is 0 Å². The zero-order valence-electron chi connectivity index (χ0n) is 18.0. The summed E-state index contributed by atoms with van der Waals surface area (Å²) in [4.78, 5) is 0. The number of halogens is 2. The third-order valence-electron chi connectivity index (χ3n) is 5.15. The fourth-order valence-electron chi connectivity index (χ4n) is 3.77. The molecule has 4 aromatic rings. The van der Waals surface area contributed by atoms with Gasteiger partial charge in [-0.15, -0.1) is 0 Å². The minimum absolute atomic E-state index is 0.295. The number of hydrogen-bond acceptors (Lipinski definition) is 0. The van der Waals surface area contributed by atoms with Gasteiger partial charge in [0.15, 0.2) is 0 Å². The summed E-state index contributed by atoms with van der Waals surface area (Å²) >= 11 is -0.796. The van der Waals surface area contributed by atoms with E-state index in [0.717, 1.165) is 0 Å². The van der Waals surface area contributed by atoms with Crippen molar-refractivity contribution in [3.63, 3.8) is 0 Å². The van der Waals surface area contributed by atoms with E-state index in [1.165, 1.54) is 21.2 Å². The van der Waals surface area contributed by atoms with Crippen LogP contribution in [0.3, 0.4) is 0 Å². The normalized spacial score (nSPS) is 12.1. The number of hydrogen-bond donors (Lipinski definition) is 0. The van der Waals surface area contributed by atoms with Crippen LogP contribution in [0.5, 0.6) is 0 Å². The molecule has 4 rings (SSSR count). The Bertz CT molecular complexity index is 962. The van der Waals surface area contributed by atoms with E-state index in [4.69, 9.17) is 20.4 Å². The topological polar surface area (TPSA) is 0 Å². The Kier molecular flexibility index (Phi) is 9.61. The number of benzene rings is 4. The van der Waals surface area contributed by atoms with E-state index in [2.05, 4.69) is 133 Å². The Hall–Kier alpha value is -1.45. The average Bonchev–Trinajstić information content (AvgIpc) is 2.87. The molecule has 0 saturated carbocycles. The summed E-state index contributed by atoms with van der Waals surface area (Å²) < 4.78 is 0. The summed E-state index contributed by atoms with van der Waals surface area (Å²) in [6.07, 6.45) is 4.59. The first kappa shape index (κ1) is 24.7. The summed E-state index contributed by atoms with van der Waals surface area (Å²) in [6, 6.07) is 43.8. The van der Waals surface area contributed by atoms with E-state index < -0.39 is 27.5 Å². The third kappa shape index (κ3) is 6.79. The Labute approximate surface area is 212 Å². The Morgan fingerprint density at radius 2 is 0.848 bits per heavy atom. The molecule has 0 unspecified atom stereocenters. The molecule has 0 aromatic heterocycles. The van der Waals surface area contributed by atoms with Crippen LogP contribution in [0.25, 0.3) is 0 Å². The second kappa shape index (κ2) is 12.9. The van der Waals surface area contributed by atoms with Crippen molar-refractivity contribution >= 4 is 57.4 Å². The average molecular weight is 553 g/mol. The molecule has 0 atom stereocenters. The molecule has 0 bridgehead atoms. The Morgan fingerprint density at radius 1 is 0.545 bits per heavy atom. The van der Waals surface area contributed by atoms with Gasteiger partial charge in [-0.25, -0.2) is 0 Å². The van der Waals surface area contributed by atoms with E-state index in [1.807, 2.05) is 0 Å². The van der Waals surface area contributed by atoms with Gasteiger partial charge in [-0.05, 0) is 0 Å². The maximum absolute atomic E-state index is 6.15. The van der Waals surface area contributed by atoms with E-state index in [9.17, 15) is 0 Å². The molecule has 0 amide bonds. The van der Waals surface area contributed by atoms with Gasteiger partial charge >= 0.3 is 213 Å². The van der Waals surface area contributed by atoms with Crippen LogP contribution >= 0.6 is 36.2 Å². The molecule has 0 aliphatic carbocycles. The molecule has 0 N–H and O–H groups in total. The molecule has 0 nitrogen and oxygen atoms in total. The van der Waals surface area contributed by atoms with Crippen LogP contribution in [0.15, 0.2) is 133 Å². The van der Waals surface area contributed by atoms with Crippen LogP contribution in [0.1, 0.15) is 0 Å². The van der Waals surface area contributed by atoms with Crippen molar-refractivity contribution < 1.29 is 11.6 Å². The summed E-state index contributed by atoms with van der Waals surface area (Å²) in [5.74, 6) is 0. The summed E-state index contributed by atoms with van der Waals surface area (Å²) in [5.41, 5.74) is 0. The van der Waals surface area contributed by atoms with Crippen LogP contribution in [0, 0.1) is 0 Å². The summed E-state index contributed by atoms with van der Waals surface area (Å²) in [6.45, 7) is 0. The second-order valence-corrected chi connectivity index (χ2v) is 16.3. The van der Waals surface area contributed by atoms with Gasteiger partial charge in [-0.2, -0.15) is 0 Å². The SMILES string of the molecule is [Cl][Ni]([Cl])[CH2]C=CC(P(c1ccccc1)c1ccccc1)P(c1ccccc1)c1ccccc1. The molecule has 0 saturated heterocycles. The van der Waals surface area contributed by atoms with Crippen molar-refractivity contribution in [1.82, 2.24) is 0 Å². The first-order chi connectivity index (χ1) is 16.2. The molecule has 0 heterocycles. The molecule has 5 heteroatoms. The molecule has 0 aliphatic rings. The van der Waals surface area contributed by atoms with Gasteiger partial charge in [0.05, 0.1) is 0 Å². The quantitative estimate of drug-likeness (QED) is 0.115. The van der Waals surface area contributed by atoms with Crippen LogP contribution in [0.4, 0.5) is 0 Å². The number of rotatable bonds is 9. The van der Waals surface area contributed by atoms with Crippen LogP contribution < -0.4 is 21.2 Å². The van der Waals surface area contributed by atoms with Gasteiger partial charge < -0.3 is 0 Å². The standard InChI is InChI=1S/C28H25P2.2ClH.Ni/c1-2-15-28(29(24-16-7-3-8-17-24)25-18-9-4-10-19-25)30(26-20-11-5-12-21-26)27-22-13-6-14-23-27;;;/h2-23,28H,1H2;2*1H;/q;;;+2/p-2. The van der Waals surface area contributed by atoms with Crippen LogP contribution in [-0.2, 0) is 11.6 Å². The van der Waals surface area contributed by atoms with Crippen molar-refractivity contribution in [3.8, 4) is 0 Å². The molecule has 0 aliphatic heterocycles. The zero-order valence-corrected chi connectivity index (χ0v) is 22.2. The molecule has 33 heavy (non-hydrogen) atoms. The van der Waals surface area contributed by atoms with Crippen molar-refractivity contribution in [2.45, 2.75) is 10.8 Å². The van der Waals surface area contributed by atoms with Crippen molar-refractivity contribution in [1.29, 1.82) is 0 Å². The molecule has 4 aromatic carbocycles. The van der Waals surface area contributed by atoms with Crippen molar-refractivity contribution in [3.05, 3.63) is 133 Å². The van der Waals surface area contributed by atoms with E-state index in [-0.39, 0.29) is 0 Å². The minimum atomic E-state index is -0.796. The first-order valence-corrected chi connectivity index (χ1v) is 16.8. The maximum atomic E-state index is 6.15. The van der Waals surface area contributed by atoms with E-state index >= 15 is 0 Å². The fraction of sp³-hybridized carbons (Fsp3) is 0.0714. The zero-order chi connectivity index (χ0) is 22.9. The van der Waals surface area contributed by atoms with Gasteiger partial charge in [0.1, 0.15) is 0 Å². The molecule has 171 valence electrons. The summed E-state index contributed by atoms with van der Waals surface area (Å²) in [5, 5.41) is 6.49. The fourth-order valence-corrected chi connectivity index (χ4v) is 11.5. The van der Waals surface area contributed by atoms with Crippen molar-refractivity contribution in [2.24, 2.45) is 0 Å². The molecule has 0 radical (unpaired) electrons. The molecule has 0 fully saturated rings. The van der Waals surface area contributed by atoms with E-state index in [1.54, 1.807) is 0 Å². The van der Waals surface area contributed by atoms with E-state index in [0.29, 0.717) is 10.8 Å². The van der Waals surface area contributed by atoms with Gasteiger partial charge in [-0.3, -0.25) is 0 Å². The van der Waals surface area contributed by atoms with Gasteiger partial charge in [0.2, 0.25) is 0 Å². The second-order valence-electron chi connectivity index (χ2n) is 7.27. The van der Waals surface area contributed by atoms with Crippen molar-refractivity contribution in [2.75, 3.05) is 0 Å². The predicted molar refractivity (Wildman–Crippen MR) is 148 cm³/mol. The summed E-state index contributed by atoms with van der Waals surface area (Å²) in [7, 11) is 11.0. The number of allylic oxidation sites excluding steroid dienone is 2. The Balaban J connectivity index is 1.92. The van der Waals surface area contributed by atoms with Crippen LogP contribution in [0.2, 0.25) is 5.39 Å².